The van der Waals surface area contributed by atoms with Crippen LogP contribution in [0.4, 0.5) is 0 Å². The molecule has 41 heavy (non-hydrogen) atoms. The van der Waals surface area contributed by atoms with E-state index in [2.05, 4.69) is 64.8 Å². The van der Waals surface area contributed by atoms with E-state index in [1.807, 2.05) is 72.8 Å². The maximum absolute atomic E-state index is 13.2. The summed E-state index contributed by atoms with van der Waals surface area (Å²) in [5.74, 6) is 0.197. The fraction of sp³-hybridized carbons (Fsp3) is 0.242. The van der Waals surface area contributed by atoms with Crippen LogP contribution in [0.5, 0.6) is 0 Å². The zero-order valence-corrected chi connectivity index (χ0v) is 29.8. The van der Waals surface area contributed by atoms with Crippen molar-refractivity contribution in [1.29, 1.82) is 0 Å². The van der Waals surface area contributed by atoms with Gasteiger partial charge in [-0.05, 0) is 60.4 Å². The summed E-state index contributed by atoms with van der Waals surface area (Å²) in [5, 5.41) is 2.50. The first-order chi connectivity index (χ1) is 19.5. The van der Waals surface area contributed by atoms with Crippen LogP contribution in [0, 0.1) is 13.8 Å². The molecule has 0 amide bonds. The van der Waals surface area contributed by atoms with Crippen LogP contribution in [-0.2, 0) is 15.1 Å². The first-order valence-corrected chi connectivity index (χ1v) is 22.8. The Balaban J connectivity index is 0.000000272. The van der Waals surface area contributed by atoms with Crippen molar-refractivity contribution in [2.75, 3.05) is 26.7 Å². The van der Waals surface area contributed by atoms with Gasteiger partial charge in [-0.3, -0.25) is 4.79 Å². The summed E-state index contributed by atoms with van der Waals surface area (Å²) in [5.41, 5.74) is 18.7. The molecule has 0 aliphatic heterocycles. The molecule has 0 heterocycles. The number of carbonyl (C=O) groups is 1. The van der Waals surface area contributed by atoms with Gasteiger partial charge in [-0.25, -0.2) is 0 Å². The number of carbonyl (C=O) groups excluding carboxylic acids is 1. The SMILES string of the molecule is Cc1ccc(C(=O)c2ccc(C)cc2[PH+](C)C)c([PH+](C)C)c1.NC(c1ccccc1)C(N)c1ccccc1.[Cl][Ru+2][Cl]. The summed E-state index contributed by atoms with van der Waals surface area (Å²) in [7, 11) is 8.37. The van der Waals surface area contributed by atoms with Crippen molar-refractivity contribution in [3.63, 3.8) is 0 Å². The molecule has 8 heteroatoms. The predicted molar refractivity (Wildman–Crippen MR) is 184 cm³/mol. The molecule has 4 rings (SSSR count). The summed E-state index contributed by atoms with van der Waals surface area (Å²) in [6.45, 7) is 13.2. The van der Waals surface area contributed by atoms with Crippen LogP contribution >= 0.6 is 35.2 Å². The van der Waals surface area contributed by atoms with Crippen LogP contribution in [0.15, 0.2) is 97.1 Å². The molecule has 2 unspecified atom stereocenters. The number of aryl methyl sites for hydroxylation is 2. The Morgan fingerprint density at radius 3 is 1.24 bits per heavy atom. The number of benzene rings is 4. The second-order valence-electron chi connectivity index (χ2n) is 10.4. The minimum atomic E-state index is -0.669. The Labute approximate surface area is 264 Å². The van der Waals surface area contributed by atoms with Crippen LogP contribution in [0.25, 0.3) is 0 Å². The van der Waals surface area contributed by atoms with Gasteiger partial charge in [0.05, 0.1) is 37.8 Å². The Bertz CT molecular complexity index is 1270. The van der Waals surface area contributed by atoms with E-state index in [9.17, 15) is 4.79 Å². The van der Waals surface area contributed by atoms with E-state index in [0.717, 1.165) is 22.3 Å². The minimum absolute atomic E-state index is 0.163. The van der Waals surface area contributed by atoms with Crippen LogP contribution in [-0.4, -0.2) is 32.4 Å². The van der Waals surface area contributed by atoms with Crippen LogP contribution in [0.3, 0.4) is 0 Å². The molecule has 4 aromatic rings. The Hall–Kier alpha value is -1.47. The van der Waals surface area contributed by atoms with E-state index in [0.29, 0.717) is 0 Å². The average Bonchev–Trinajstić information content (AvgIpc) is 2.97. The predicted octanol–water partition coefficient (Wildman–Crippen LogP) is 7.50. The normalized spacial score (nSPS) is 12.1. The molecule has 3 nitrogen and oxygen atoms in total. The molecule has 218 valence electrons. The topological polar surface area (TPSA) is 69.1 Å². The van der Waals surface area contributed by atoms with E-state index in [-0.39, 0.29) is 33.0 Å². The molecule has 0 bridgehead atoms. The number of halogens is 2. The summed E-state index contributed by atoms with van der Waals surface area (Å²) >= 11 is -0.346. The van der Waals surface area contributed by atoms with Crippen molar-refractivity contribution in [2.45, 2.75) is 25.9 Å². The van der Waals surface area contributed by atoms with Gasteiger partial charge in [-0.2, -0.15) is 0 Å². The molecular formula is C33H42Cl2N2OP2Ru+4. The Morgan fingerprint density at radius 2 is 0.951 bits per heavy atom. The fourth-order valence-corrected chi connectivity index (χ4v) is 6.95. The third kappa shape index (κ3) is 10.9. The molecule has 0 aliphatic rings. The molecule has 0 spiro atoms. The molecular weight excluding hydrogens is 674 g/mol. The number of ketones is 1. The van der Waals surface area contributed by atoms with Gasteiger partial charge in [0.15, 0.2) is 0 Å². The van der Waals surface area contributed by atoms with Crippen molar-refractivity contribution in [3.05, 3.63) is 130 Å². The molecule has 4 N–H and O–H groups in total. The molecule has 0 saturated carbocycles. The summed E-state index contributed by atoms with van der Waals surface area (Å²) < 4.78 is 0. The first-order valence-electron chi connectivity index (χ1n) is 13.3. The number of hydrogen-bond acceptors (Lipinski definition) is 3. The fourth-order valence-electron chi connectivity index (χ4n) is 4.45. The van der Waals surface area contributed by atoms with Crippen molar-refractivity contribution in [3.8, 4) is 0 Å². The van der Waals surface area contributed by atoms with Crippen LogP contribution < -0.4 is 22.1 Å². The quantitative estimate of drug-likeness (QED) is 0.118. The molecule has 0 saturated heterocycles. The maximum atomic E-state index is 13.2. The average molecular weight is 717 g/mol. The van der Waals surface area contributed by atoms with Crippen LogP contribution in [0.2, 0.25) is 0 Å². The van der Waals surface area contributed by atoms with Crippen molar-refractivity contribution >= 4 is 51.6 Å². The van der Waals surface area contributed by atoms with Gasteiger partial charge in [-0.1, -0.05) is 72.8 Å². The molecule has 0 radical (unpaired) electrons. The van der Waals surface area contributed by atoms with Gasteiger partial charge in [0, 0.05) is 27.9 Å². The molecule has 0 fully saturated rings. The summed E-state index contributed by atoms with van der Waals surface area (Å²) in [6, 6.07) is 32.1. The summed E-state index contributed by atoms with van der Waals surface area (Å²) in [4.78, 5) is 13.2. The molecule has 0 aromatic heterocycles. The van der Waals surface area contributed by atoms with Crippen LogP contribution in [0.1, 0.15) is 50.3 Å². The van der Waals surface area contributed by atoms with E-state index in [1.54, 1.807) is 0 Å². The van der Waals surface area contributed by atoms with Crippen molar-refractivity contribution < 1.29 is 19.9 Å². The van der Waals surface area contributed by atoms with E-state index >= 15 is 0 Å². The molecule has 4 aromatic carbocycles. The van der Waals surface area contributed by atoms with Gasteiger partial charge in [0.1, 0.15) is 10.6 Å². The monoisotopic (exact) mass is 716 g/mol. The van der Waals surface area contributed by atoms with Gasteiger partial charge >= 0.3 is 34.5 Å². The third-order valence-electron chi connectivity index (χ3n) is 6.67. The zero-order chi connectivity index (χ0) is 30.5. The van der Waals surface area contributed by atoms with E-state index in [1.165, 1.54) is 21.7 Å². The molecule has 2 atom stereocenters. The van der Waals surface area contributed by atoms with E-state index in [4.69, 9.17) is 30.8 Å². The van der Waals surface area contributed by atoms with Crippen molar-refractivity contribution in [2.24, 2.45) is 11.5 Å². The van der Waals surface area contributed by atoms with E-state index < -0.39 is 15.8 Å². The van der Waals surface area contributed by atoms with Gasteiger partial charge in [0.25, 0.3) is 0 Å². The Morgan fingerprint density at radius 1 is 0.634 bits per heavy atom. The summed E-state index contributed by atoms with van der Waals surface area (Å²) in [6.07, 6.45) is 0. The van der Waals surface area contributed by atoms with Crippen molar-refractivity contribution in [1.82, 2.24) is 0 Å². The second kappa shape index (κ2) is 18.3. The number of hydrogen-bond donors (Lipinski definition) is 2. The number of rotatable bonds is 7. The van der Waals surface area contributed by atoms with Gasteiger partial charge < -0.3 is 11.5 Å². The molecule has 0 aliphatic carbocycles. The second-order valence-corrected chi connectivity index (χ2v) is 18.1. The van der Waals surface area contributed by atoms with Gasteiger partial charge in [0.2, 0.25) is 5.78 Å². The third-order valence-corrected chi connectivity index (χ3v) is 9.65. The Kier molecular flexibility index (Phi) is 15.9. The standard InChI is InChI=1S/C19H24OP2.C14H16N2.2ClH.Ru/c1-13-7-9-15(17(11-13)21(3)4)19(20)16-10-8-14(2)12-18(16)22(5)6;15-13(11-7-3-1-4-8-11)14(16)12-9-5-2-6-10-12;;;/h7-12H,1-6H3;1-10,13-14H,15-16H2;2*1H;/q;;;;+4. The first kappa shape index (κ1) is 35.7. The number of nitrogens with two attached hydrogens (primary N) is 2. The van der Waals surface area contributed by atoms with Gasteiger partial charge in [-0.15, -0.1) is 0 Å². The zero-order valence-electron chi connectivity index (χ0n) is 24.6.